The normalized spacial score (nSPS) is 10.1. The number of nitrogens with zero attached hydrogens (tertiary/aromatic N) is 2. The number of hydrogen-bond acceptors (Lipinski definition) is 10. The van der Waals surface area contributed by atoms with Crippen molar-refractivity contribution >= 4 is 26.5 Å². The van der Waals surface area contributed by atoms with Crippen LogP contribution in [0, 0.1) is 22.7 Å². The van der Waals surface area contributed by atoms with Gasteiger partial charge >= 0.3 is 21.7 Å². The molecule has 0 unspecified atom stereocenters. The first-order valence-corrected chi connectivity index (χ1v) is 12.0. The van der Waals surface area contributed by atoms with Crippen LogP contribution in [0.5, 0.6) is 0 Å². The predicted octanol–water partition coefficient (Wildman–Crippen LogP) is -4.44. The summed E-state index contributed by atoms with van der Waals surface area (Å²) in [5.74, 6) is 0. The molecule has 0 aliphatic carbocycles. The molecule has 13 heteroatoms. The summed E-state index contributed by atoms with van der Waals surface area (Å²) in [7, 11) is -9.32. The Morgan fingerprint density at radius 2 is 0.758 bits per heavy atom. The molecule has 2 aromatic carbocycles. The van der Waals surface area contributed by atoms with Gasteiger partial charge in [-0.25, -0.2) is 0 Å². The maximum Gasteiger partial charge on any atom is 4.00 e. The van der Waals surface area contributed by atoms with E-state index in [0.717, 1.165) is 24.3 Å². The molecule has 0 saturated carbocycles. The van der Waals surface area contributed by atoms with Crippen molar-refractivity contribution in [2.75, 3.05) is 0 Å². The minimum Gasteiger partial charge on any atom is -0.852 e. The summed E-state index contributed by atoms with van der Waals surface area (Å²) < 4.78 is 0. The molecule has 0 heterocycles. The van der Waals surface area contributed by atoms with Crippen LogP contribution in [0.15, 0.2) is 48.5 Å². The Kier molecular flexibility index (Phi) is 19.8. The minimum atomic E-state index is -4.66. The summed E-state index contributed by atoms with van der Waals surface area (Å²) in [6, 6.07) is 13.3. The van der Waals surface area contributed by atoms with Crippen LogP contribution in [0.4, 0.5) is 0 Å². The van der Waals surface area contributed by atoms with Crippen LogP contribution in [0.2, 0.25) is 0 Å². The fraction of sp³-hybridized carbons (Fsp3) is 0.300. The zero-order valence-electron chi connectivity index (χ0n) is 18.3. The van der Waals surface area contributed by atoms with E-state index in [4.69, 9.17) is 10.5 Å². The van der Waals surface area contributed by atoms with Gasteiger partial charge in [-0.15, -0.1) is 28.1 Å². The molecular weight excluding hydrogens is 506 g/mol. The largest absolute Gasteiger partial charge is 4.00 e. The van der Waals surface area contributed by atoms with Gasteiger partial charge in [0.15, 0.2) is 0 Å². The first kappa shape index (κ1) is 36.2. The number of nitriles is 2. The van der Waals surface area contributed by atoms with Crippen molar-refractivity contribution < 1.29 is 61.3 Å². The predicted molar refractivity (Wildman–Crippen MR) is 106 cm³/mol. The van der Waals surface area contributed by atoms with Crippen LogP contribution in [-0.2, 0) is 21.7 Å². The molecule has 0 aliphatic rings. The van der Waals surface area contributed by atoms with E-state index >= 15 is 0 Å². The van der Waals surface area contributed by atoms with Crippen LogP contribution in [0.3, 0.4) is 0 Å². The Bertz CT molecular complexity index is 776. The standard InChI is InChI=1S/2C7H6NO3P.2C3H7O.Ti/c2*8-5-6-1-3-7(4-2-6)12(9,10)11;2*1-3(2)4;/h2*1-4H,(H2,9,10,11);2*3H,1-2H3;/q;;2*-1;+4/p-4. The van der Waals surface area contributed by atoms with E-state index in [-0.39, 0.29) is 32.3 Å². The van der Waals surface area contributed by atoms with Gasteiger partial charge < -0.3 is 39.6 Å². The van der Waals surface area contributed by atoms with E-state index in [1.54, 1.807) is 27.7 Å². The average molecular weight is 528 g/mol. The number of rotatable bonds is 2. The second-order valence-electron chi connectivity index (χ2n) is 6.41. The molecule has 0 bridgehead atoms. The van der Waals surface area contributed by atoms with Gasteiger partial charge in [-0.3, -0.25) is 0 Å². The van der Waals surface area contributed by atoms with Gasteiger partial charge in [0.1, 0.15) is 0 Å². The van der Waals surface area contributed by atoms with E-state index < -0.39 is 28.1 Å². The molecule has 0 aromatic heterocycles. The summed E-state index contributed by atoms with van der Waals surface area (Å²) in [6.07, 6.45) is -0.833. The van der Waals surface area contributed by atoms with Gasteiger partial charge in [0.2, 0.25) is 0 Å². The van der Waals surface area contributed by atoms with E-state index in [0.29, 0.717) is 11.1 Å². The summed E-state index contributed by atoms with van der Waals surface area (Å²) >= 11 is 0. The molecular formula is C20H22N2O8P2Ti-2. The second kappa shape index (κ2) is 18.1. The summed E-state index contributed by atoms with van der Waals surface area (Å²) in [5.41, 5.74) is 0.652. The van der Waals surface area contributed by atoms with Gasteiger partial charge in [-0.2, -0.15) is 10.5 Å². The third-order valence-corrected chi connectivity index (χ3v) is 4.49. The second-order valence-corrected chi connectivity index (χ2v) is 9.43. The topological polar surface area (TPSA) is 232 Å². The fourth-order valence-corrected chi connectivity index (χ4v) is 2.47. The quantitative estimate of drug-likeness (QED) is 0.268. The minimum absolute atomic E-state index is 0. The van der Waals surface area contributed by atoms with Crippen LogP contribution < -0.4 is 50.2 Å². The van der Waals surface area contributed by atoms with Crippen molar-refractivity contribution in [3.63, 3.8) is 0 Å². The van der Waals surface area contributed by atoms with Gasteiger partial charge in [-0.05, 0) is 48.5 Å². The third kappa shape index (κ3) is 21.0. The third-order valence-electron chi connectivity index (χ3n) is 2.63. The molecule has 2 rings (SSSR count). The van der Waals surface area contributed by atoms with Crippen LogP contribution in [0.25, 0.3) is 0 Å². The van der Waals surface area contributed by atoms with E-state index in [9.17, 15) is 39.6 Å². The summed E-state index contributed by atoms with van der Waals surface area (Å²) in [4.78, 5) is 62.5. The van der Waals surface area contributed by atoms with Gasteiger partial charge in [0.25, 0.3) is 0 Å². The van der Waals surface area contributed by atoms with Crippen molar-refractivity contribution in [2.24, 2.45) is 0 Å². The SMILES string of the molecule is CC(C)[O-].CC(C)[O-].N#Cc1ccc([P+]([O-])([O-])[O-])cc1.N#Cc1ccc([P+]([O-])([O-])[O-])cc1.[Ti+4]. The molecule has 10 nitrogen and oxygen atoms in total. The molecule has 0 N–H and O–H groups in total. The first-order valence-electron chi connectivity index (χ1n) is 8.91. The number of benzene rings is 2. The van der Waals surface area contributed by atoms with Crippen molar-refractivity contribution in [1.82, 2.24) is 0 Å². The molecule has 0 amide bonds. The van der Waals surface area contributed by atoms with Gasteiger partial charge in [0, 0.05) is 0 Å². The molecule has 0 spiro atoms. The van der Waals surface area contributed by atoms with E-state index in [1.807, 2.05) is 12.1 Å². The average Bonchev–Trinajstić information content (AvgIpc) is 2.66. The Balaban J connectivity index is -0.000000405. The summed E-state index contributed by atoms with van der Waals surface area (Å²) in [5, 5.41) is 35.2. The Hall–Kier alpha value is -1.33. The zero-order valence-corrected chi connectivity index (χ0v) is 21.7. The van der Waals surface area contributed by atoms with Crippen LogP contribution in [-0.4, -0.2) is 12.2 Å². The van der Waals surface area contributed by atoms with Crippen molar-refractivity contribution in [3.05, 3.63) is 59.7 Å². The van der Waals surface area contributed by atoms with Gasteiger partial charge in [0.05, 0.1) is 33.9 Å². The maximum absolute atomic E-state index is 10.4. The molecule has 176 valence electrons. The van der Waals surface area contributed by atoms with Crippen molar-refractivity contribution in [2.45, 2.75) is 39.9 Å². The Morgan fingerprint density at radius 1 is 0.576 bits per heavy atom. The smallest absolute Gasteiger partial charge is 0.852 e. The Morgan fingerprint density at radius 3 is 0.879 bits per heavy atom. The van der Waals surface area contributed by atoms with E-state index in [1.165, 1.54) is 24.3 Å². The van der Waals surface area contributed by atoms with Gasteiger partial charge in [-0.1, -0.05) is 27.7 Å². The molecule has 2 aromatic rings. The Labute approximate surface area is 209 Å². The number of hydrogen-bond donors (Lipinski definition) is 0. The molecule has 0 atom stereocenters. The summed E-state index contributed by atoms with van der Waals surface area (Å²) in [6.45, 7) is 6.44. The van der Waals surface area contributed by atoms with Crippen LogP contribution >= 0.6 is 15.9 Å². The van der Waals surface area contributed by atoms with E-state index in [2.05, 4.69) is 0 Å². The monoisotopic (exact) mass is 528 g/mol. The molecule has 0 aliphatic heterocycles. The zero-order chi connectivity index (χ0) is 25.5. The molecule has 0 saturated heterocycles. The molecule has 0 fully saturated rings. The fourth-order valence-electron chi connectivity index (χ4n) is 1.44. The maximum atomic E-state index is 10.4. The van der Waals surface area contributed by atoms with Crippen LogP contribution in [0.1, 0.15) is 38.8 Å². The van der Waals surface area contributed by atoms with Crippen molar-refractivity contribution in [1.29, 1.82) is 10.5 Å². The molecule has 33 heavy (non-hydrogen) atoms. The molecule has 0 radical (unpaired) electrons. The van der Waals surface area contributed by atoms with Crippen molar-refractivity contribution in [3.8, 4) is 12.1 Å². The first-order chi connectivity index (χ1) is 14.5.